The zero-order chi connectivity index (χ0) is 19.3. The number of fused-ring (bicyclic) bond motifs is 1. The summed E-state index contributed by atoms with van der Waals surface area (Å²) in [5.41, 5.74) is -2.33. The second-order valence-corrected chi connectivity index (χ2v) is 5.49. The lowest BCUT2D eigenvalue weighted by Gasteiger charge is -2.13. The first-order valence-corrected chi connectivity index (χ1v) is 7.13. The molecule has 0 aliphatic heterocycles. The smallest absolute Gasteiger partial charge is 0.227 e. The summed E-state index contributed by atoms with van der Waals surface area (Å²) in [4.78, 5) is 4.06. The van der Waals surface area contributed by atoms with E-state index < -0.39 is 23.6 Å². The van der Waals surface area contributed by atoms with E-state index in [1.165, 1.54) is 6.92 Å². The molecular weight excluding hydrogens is 360 g/mol. The van der Waals surface area contributed by atoms with Gasteiger partial charge < -0.3 is 0 Å². The van der Waals surface area contributed by atoms with Crippen LogP contribution in [0.4, 0.5) is 26.3 Å². The quantitative estimate of drug-likeness (QED) is 0.459. The molecule has 0 unspecified atom stereocenters. The Bertz CT molecular complexity index is 1040. The largest absolute Gasteiger partial charge is 0.433 e. The Morgan fingerprint density at radius 3 is 2.27 bits per heavy atom. The summed E-state index contributed by atoms with van der Waals surface area (Å²) in [7, 11) is 0. The topological polar surface area (TPSA) is 30.2 Å². The molecule has 3 rings (SSSR count). The van der Waals surface area contributed by atoms with Crippen molar-refractivity contribution in [1.82, 2.24) is 14.6 Å². The maximum atomic E-state index is 13.3. The number of nitrogens with zero attached hydrogens (tertiary/aromatic N) is 3. The number of aryl methyl sites for hydroxylation is 1. The van der Waals surface area contributed by atoms with Gasteiger partial charge in [-0.25, -0.2) is 9.50 Å². The van der Waals surface area contributed by atoms with Crippen LogP contribution >= 0.6 is 0 Å². The number of terminal acetylenes is 1. The maximum Gasteiger partial charge on any atom is 0.433 e. The van der Waals surface area contributed by atoms with Crippen molar-refractivity contribution in [2.45, 2.75) is 19.3 Å². The molecule has 9 heteroatoms. The van der Waals surface area contributed by atoms with Gasteiger partial charge in [-0.05, 0) is 30.7 Å². The van der Waals surface area contributed by atoms with Gasteiger partial charge in [-0.1, -0.05) is 12.0 Å². The van der Waals surface area contributed by atoms with Crippen molar-refractivity contribution in [2.24, 2.45) is 0 Å². The van der Waals surface area contributed by atoms with Gasteiger partial charge in [-0.2, -0.15) is 31.4 Å². The number of hydrogen-bond acceptors (Lipinski definition) is 2. The van der Waals surface area contributed by atoms with Crippen LogP contribution in [0.5, 0.6) is 0 Å². The number of halogens is 6. The van der Waals surface area contributed by atoms with E-state index in [-0.39, 0.29) is 28.0 Å². The maximum absolute atomic E-state index is 13.3. The summed E-state index contributed by atoms with van der Waals surface area (Å²) in [6, 6.07) is 3.74. The molecule has 1 aromatic carbocycles. The average molecular weight is 369 g/mol. The van der Waals surface area contributed by atoms with Crippen LogP contribution in [0, 0.1) is 19.3 Å². The monoisotopic (exact) mass is 369 g/mol. The lowest BCUT2D eigenvalue weighted by Crippen LogP contribution is -2.14. The Morgan fingerprint density at radius 1 is 1.04 bits per heavy atom. The van der Waals surface area contributed by atoms with Gasteiger partial charge in [-0.3, -0.25) is 0 Å². The highest BCUT2D eigenvalue weighted by molar-refractivity contribution is 5.67. The van der Waals surface area contributed by atoms with Crippen LogP contribution in [0.1, 0.15) is 22.4 Å². The molecule has 0 aliphatic rings. The molecule has 0 saturated heterocycles. The molecule has 26 heavy (non-hydrogen) atoms. The second-order valence-electron chi connectivity index (χ2n) is 5.49. The Balaban J connectivity index is 2.26. The summed E-state index contributed by atoms with van der Waals surface area (Å²) in [5, 5.41) is 3.60. The number of benzene rings is 1. The van der Waals surface area contributed by atoms with Crippen molar-refractivity contribution in [1.29, 1.82) is 0 Å². The minimum atomic E-state index is -4.76. The molecule has 0 bridgehead atoms. The predicted molar refractivity (Wildman–Crippen MR) is 81.1 cm³/mol. The molecule has 0 radical (unpaired) electrons. The zero-order valence-corrected chi connectivity index (χ0v) is 13.1. The molecule has 3 nitrogen and oxygen atoms in total. The van der Waals surface area contributed by atoms with Crippen LogP contribution in [0.3, 0.4) is 0 Å². The van der Waals surface area contributed by atoms with E-state index in [0.29, 0.717) is 4.52 Å². The van der Waals surface area contributed by atoms with Crippen LogP contribution in [-0.2, 0) is 12.4 Å². The van der Waals surface area contributed by atoms with E-state index in [9.17, 15) is 26.3 Å². The Labute approximate surface area is 143 Å². The first-order chi connectivity index (χ1) is 12.0. The molecule has 134 valence electrons. The van der Waals surface area contributed by atoms with Crippen molar-refractivity contribution in [3.05, 3.63) is 52.8 Å². The van der Waals surface area contributed by atoms with E-state index in [4.69, 9.17) is 6.42 Å². The number of hydrogen-bond donors (Lipinski definition) is 0. The SMILES string of the molecule is C#Cc1cnn2c(C(F)(F)F)cc(-c3ccc(C(F)(F)F)c(C)c3)nc12. The summed E-state index contributed by atoms with van der Waals surface area (Å²) in [6.45, 7) is 1.22. The Morgan fingerprint density at radius 2 is 1.73 bits per heavy atom. The minimum Gasteiger partial charge on any atom is -0.227 e. The third-order valence-electron chi connectivity index (χ3n) is 3.75. The van der Waals surface area contributed by atoms with Crippen LogP contribution in [0.2, 0.25) is 0 Å². The van der Waals surface area contributed by atoms with Gasteiger partial charge in [0.2, 0.25) is 0 Å². The third-order valence-corrected chi connectivity index (χ3v) is 3.75. The van der Waals surface area contributed by atoms with Crippen molar-refractivity contribution in [2.75, 3.05) is 0 Å². The molecule has 3 aromatic rings. The first-order valence-electron chi connectivity index (χ1n) is 7.13. The zero-order valence-electron chi connectivity index (χ0n) is 13.1. The van der Waals surface area contributed by atoms with E-state index in [1.54, 1.807) is 0 Å². The first kappa shape index (κ1) is 17.8. The van der Waals surface area contributed by atoms with E-state index in [1.807, 2.05) is 0 Å². The van der Waals surface area contributed by atoms with Crippen molar-refractivity contribution in [3.63, 3.8) is 0 Å². The summed E-state index contributed by atoms with van der Waals surface area (Å²) >= 11 is 0. The van der Waals surface area contributed by atoms with Gasteiger partial charge in [-0.15, -0.1) is 6.42 Å². The molecule has 0 saturated carbocycles. The molecule has 2 heterocycles. The molecular formula is C17H9F6N3. The summed E-state index contributed by atoms with van der Waals surface area (Å²) in [6.07, 6.45) is -2.99. The van der Waals surface area contributed by atoms with Crippen molar-refractivity contribution < 1.29 is 26.3 Å². The highest BCUT2D eigenvalue weighted by Crippen LogP contribution is 2.36. The molecule has 0 amide bonds. The van der Waals surface area contributed by atoms with Crippen LogP contribution in [0.25, 0.3) is 16.9 Å². The Kier molecular flexibility index (Phi) is 3.94. The van der Waals surface area contributed by atoms with Gasteiger partial charge >= 0.3 is 12.4 Å². The fourth-order valence-electron chi connectivity index (χ4n) is 2.56. The molecule has 0 N–H and O–H groups in total. The number of alkyl halides is 6. The standard InChI is InChI=1S/C17H9F6N3/c1-3-10-8-24-26-14(17(21,22)23)7-13(25-15(10)26)11-4-5-12(9(2)6-11)16(18,19)20/h1,4-8H,2H3. The lowest BCUT2D eigenvalue weighted by molar-refractivity contribution is -0.142. The van der Waals surface area contributed by atoms with Crippen LogP contribution < -0.4 is 0 Å². The molecule has 2 aromatic heterocycles. The lowest BCUT2D eigenvalue weighted by atomic mass is 10.0. The highest BCUT2D eigenvalue weighted by Gasteiger charge is 2.36. The molecule has 0 atom stereocenters. The highest BCUT2D eigenvalue weighted by atomic mass is 19.4. The summed E-state index contributed by atoms with van der Waals surface area (Å²) < 4.78 is 79.2. The van der Waals surface area contributed by atoms with Crippen LogP contribution in [-0.4, -0.2) is 14.6 Å². The van der Waals surface area contributed by atoms with Gasteiger partial charge in [0, 0.05) is 5.56 Å². The van der Waals surface area contributed by atoms with Crippen molar-refractivity contribution in [3.8, 4) is 23.6 Å². The number of rotatable bonds is 1. The van der Waals surface area contributed by atoms with E-state index in [2.05, 4.69) is 16.0 Å². The molecule has 0 aliphatic carbocycles. The van der Waals surface area contributed by atoms with Crippen molar-refractivity contribution >= 4 is 5.65 Å². The third kappa shape index (κ3) is 2.98. The van der Waals surface area contributed by atoms with Gasteiger partial charge in [0.15, 0.2) is 11.3 Å². The normalized spacial score (nSPS) is 12.4. The molecule has 0 fully saturated rings. The van der Waals surface area contributed by atoms with Gasteiger partial charge in [0.1, 0.15) is 0 Å². The summed E-state index contributed by atoms with van der Waals surface area (Å²) in [5.74, 6) is 2.19. The van der Waals surface area contributed by atoms with E-state index >= 15 is 0 Å². The molecule has 0 spiro atoms. The average Bonchev–Trinajstić information content (AvgIpc) is 2.94. The number of aromatic nitrogens is 3. The van der Waals surface area contributed by atoms with Gasteiger partial charge in [0.05, 0.1) is 23.0 Å². The Hall–Kier alpha value is -3.02. The minimum absolute atomic E-state index is 0.0426. The second kappa shape index (κ2) is 5.76. The predicted octanol–water partition coefficient (Wildman–Crippen LogP) is 4.72. The fourth-order valence-corrected chi connectivity index (χ4v) is 2.56. The van der Waals surface area contributed by atoms with Gasteiger partial charge in [0.25, 0.3) is 0 Å². The van der Waals surface area contributed by atoms with E-state index in [0.717, 1.165) is 30.5 Å². The van der Waals surface area contributed by atoms with Crippen LogP contribution in [0.15, 0.2) is 30.5 Å². The fraction of sp³-hybridized carbons (Fsp3) is 0.176.